The number of carbonyl (C=O) groups excluding carboxylic acids is 2. The molecule has 12 heteroatoms. The number of anilines is 4. The van der Waals surface area contributed by atoms with Gasteiger partial charge in [-0.2, -0.15) is 4.98 Å². The van der Waals surface area contributed by atoms with Crippen LogP contribution < -0.4 is 29.9 Å². The molecule has 0 spiro atoms. The maximum absolute atomic E-state index is 13.9. The zero-order chi connectivity index (χ0) is 27.4. The Kier molecular flexibility index (Phi) is 8.23. The van der Waals surface area contributed by atoms with Gasteiger partial charge in [0.1, 0.15) is 27.4 Å². The molecule has 0 unspecified atom stereocenters. The summed E-state index contributed by atoms with van der Waals surface area (Å²) in [6.07, 6.45) is 3.38. The van der Waals surface area contributed by atoms with Crippen LogP contribution in [0.1, 0.15) is 11.1 Å². The predicted octanol–water partition coefficient (Wildman–Crippen LogP) is 5.16. The zero-order valence-electron chi connectivity index (χ0n) is 21.0. The van der Waals surface area contributed by atoms with Gasteiger partial charge in [-0.15, -0.1) is 0 Å². The van der Waals surface area contributed by atoms with Gasteiger partial charge in [0.25, 0.3) is 0 Å². The quantitative estimate of drug-likeness (QED) is 0.350. The number of ether oxygens (including phenoxy) is 2. The van der Waals surface area contributed by atoms with Crippen LogP contribution in [-0.2, 0) is 17.8 Å². The maximum Gasteiger partial charge on any atom is 0.330 e. The van der Waals surface area contributed by atoms with E-state index in [1.54, 1.807) is 36.3 Å². The fourth-order valence-electron chi connectivity index (χ4n) is 4.01. The van der Waals surface area contributed by atoms with Gasteiger partial charge in [-0.05, 0) is 30.2 Å². The minimum absolute atomic E-state index is 0.141. The number of carbonyl (C=O) groups is 2. The maximum atomic E-state index is 13.9. The van der Waals surface area contributed by atoms with Gasteiger partial charge in [0.2, 0.25) is 11.9 Å². The molecule has 0 radical (unpaired) electrons. The molecule has 198 valence electrons. The van der Waals surface area contributed by atoms with Crippen LogP contribution in [0.15, 0.2) is 49.2 Å². The first kappa shape index (κ1) is 27.0. The first-order valence-corrected chi connectivity index (χ1v) is 12.3. The van der Waals surface area contributed by atoms with Crippen molar-refractivity contribution in [3.05, 3.63) is 70.4 Å². The van der Waals surface area contributed by atoms with Crippen molar-refractivity contribution in [2.75, 3.05) is 48.2 Å². The number of amides is 3. The van der Waals surface area contributed by atoms with Crippen molar-refractivity contribution >= 4 is 58.3 Å². The number of methoxy groups -OCH3 is 2. The molecule has 2 N–H and O–H groups in total. The van der Waals surface area contributed by atoms with E-state index in [-0.39, 0.29) is 34.2 Å². The topological polar surface area (TPSA) is 109 Å². The summed E-state index contributed by atoms with van der Waals surface area (Å²) in [5.74, 6) is 1.22. The molecule has 2 aromatic carbocycles. The normalized spacial score (nSPS) is 12.6. The largest absolute Gasteiger partial charge is 0.495 e. The monoisotopic (exact) mass is 556 g/mol. The molecule has 3 aromatic rings. The van der Waals surface area contributed by atoms with Crippen molar-refractivity contribution < 1.29 is 19.1 Å². The molecule has 38 heavy (non-hydrogen) atoms. The molecule has 0 aliphatic carbocycles. The van der Waals surface area contributed by atoms with Crippen LogP contribution in [0.5, 0.6) is 11.5 Å². The van der Waals surface area contributed by atoms with E-state index < -0.39 is 0 Å². The predicted molar refractivity (Wildman–Crippen MR) is 149 cm³/mol. The van der Waals surface area contributed by atoms with Gasteiger partial charge in [0.05, 0.1) is 26.5 Å². The molecule has 0 fully saturated rings. The van der Waals surface area contributed by atoms with E-state index in [9.17, 15) is 9.59 Å². The van der Waals surface area contributed by atoms with Crippen molar-refractivity contribution in [1.29, 1.82) is 0 Å². The Labute approximate surface area is 230 Å². The molecule has 0 saturated heterocycles. The van der Waals surface area contributed by atoms with Gasteiger partial charge in [-0.25, -0.2) is 9.78 Å². The van der Waals surface area contributed by atoms with E-state index in [1.807, 2.05) is 12.1 Å². The third kappa shape index (κ3) is 5.32. The second-order valence-electron chi connectivity index (χ2n) is 8.21. The number of aromatic nitrogens is 2. The number of benzene rings is 2. The second kappa shape index (κ2) is 11.6. The molecular formula is C26H26Cl2N6O4. The summed E-state index contributed by atoms with van der Waals surface area (Å²) in [5.41, 5.74) is 2.58. The zero-order valence-corrected chi connectivity index (χ0v) is 22.6. The van der Waals surface area contributed by atoms with Crippen molar-refractivity contribution in [3.63, 3.8) is 0 Å². The second-order valence-corrected chi connectivity index (χ2v) is 8.97. The van der Waals surface area contributed by atoms with E-state index in [4.69, 9.17) is 32.7 Å². The lowest BCUT2D eigenvalue weighted by Crippen LogP contribution is -2.49. The smallest absolute Gasteiger partial charge is 0.330 e. The van der Waals surface area contributed by atoms with Crippen LogP contribution in [0, 0.1) is 0 Å². The van der Waals surface area contributed by atoms with Crippen LogP contribution in [0.25, 0.3) is 0 Å². The van der Waals surface area contributed by atoms with E-state index in [1.165, 1.54) is 25.2 Å². The molecule has 0 saturated carbocycles. The number of rotatable bonds is 9. The van der Waals surface area contributed by atoms with Gasteiger partial charge >= 0.3 is 6.03 Å². The van der Waals surface area contributed by atoms with Gasteiger partial charge in [0.15, 0.2) is 0 Å². The number of urea groups is 1. The van der Waals surface area contributed by atoms with Crippen molar-refractivity contribution in [1.82, 2.24) is 9.97 Å². The Morgan fingerprint density at radius 1 is 1.16 bits per heavy atom. The highest BCUT2D eigenvalue weighted by Gasteiger charge is 2.36. The standard InChI is InChI=1S/C26H26Cl2N6O4/c1-5-20(35)31-17-8-6-15(7-9-17)10-11-33-24-16(13-30-25(29-2)32-24)14-34(26(33)36)23-21(27)18(37-3)12-19(38-4)22(23)28/h5-9,12-13H,1,10-11,14H2,2-4H3,(H,31,35)(H,29,30,32). The molecule has 3 amide bonds. The number of hydrogen-bond donors (Lipinski definition) is 2. The fraction of sp³-hybridized carbons (Fsp3) is 0.231. The SMILES string of the molecule is C=CC(=O)Nc1ccc(CCN2C(=O)N(c3c(Cl)c(OC)cc(OC)c3Cl)Cc3cnc(NC)nc32)cc1. The van der Waals surface area contributed by atoms with Gasteiger partial charge in [-0.3, -0.25) is 14.6 Å². The van der Waals surface area contributed by atoms with E-state index in [0.717, 1.165) is 5.56 Å². The number of hydrogen-bond acceptors (Lipinski definition) is 7. The minimum Gasteiger partial charge on any atom is -0.495 e. The van der Waals surface area contributed by atoms with Crippen LogP contribution in [0.3, 0.4) is 0 Å². The van der Waals surface area contributed by atoms with Crippen LogP contribution >= 0.6 is 23.2 Å². The van der Waals surface area contributed by atoms with Gasteiger partial charge in [0, 0.05) is 37.1 Å². The highest BCUT2D eigenvalue weighted by Crippen LogP contribution is 2.48. The Balaban J connectivity index is 1.69. The Hall–Kier alpha value is -4.02. The molecule has 4 rings (SSSR count). The summed E-state index contributed by atoms with van der Waals surface area (Å²) in [6, 6.07) is 8.54. The molecule has 0 bridgehead atoms. The van der Waals surface area contributed by atoms with Gasteiger partial charge < -0.3 is 20.1 Å². The van der Waals surface area contributed by atoms with Crippen LogP contribution in [0.2, 0.25) is 10.0 Å². The highest BCUT2D eigenvalue weighted by molar-refractivity contribution is 6.42. The first-order chi connectivity index (χ1) is 18.3. The van der Waals surface area contributed by atoms with E-state index in [0.29, 0.717) is 47.5 Å². The van der Waals surface area contributed by atoms with Crippen molar-refractivity contribution in [3.8, 4) is 11.5 Å². The van der Waals surface area contributed by atoms with Crippen LogP contribution in [0.4, 0.5) is 27.9 Å². The Morgan fingerprint density at radius 2 is 1.82 bits per heavy atom. The average Bonchev–Trinajstić information content (AvgIpc) is 2.93. The third-order valence-electron chi connectivity index (χ3n) is 5.96. The third-order valence-corrected chi connectivity index (χ3v) is 6.69. The number of halogens is 2. The van der Waals surface area contributed by atoms with Gasteiger partial charge in [-0.1, -0.05) is 41.9 Å². The van der Waals surface area contributed by atoms with E-state index >= 15 is 0 Å². The molecule has 10 nitrogen and oxygen atoms in total. The average molecular weight is 557 g/mol. The van der Waals surface area contributed by atoms with Crippen molar-refractivity contribution in [2.45, 2.75) is 13.0 Å². The summed E-state index contributed by atoms with van der Waals surface area (Å²) in [5, 5.41) is 5.99. The number of nitrogens with zero attached hydrogens (tertiary/aromatic N) is 4. The first-order valence-electron chi connectivity index (χ1n) is 11.6. The molecular weight excluding hydrogens is 531 g/mol. The molecule has 1 aliphatic rings. The summed E-state index contributed by atoms with van der Waals surface area (Å²) in [6.45, 7) is 3.90. The fourth-order valence-corrected chi connectivity index (χ4v) is 4.72. The number of fused-ring (bicyclic) bond motifs is 1. The summed E-state index contributed by atoms with van der Waals surface area (Å²) >= 11 is 13.3. The lowest BCUT2D eigenvalue weighted by atomic mass is 10.1. The molecule has 0 atom stereocenters. The molecule has 1 aliphatic heterocycles. The van der Waals surface area contributed by atoms with Crippen molar-refractivity contribution in [2.24, 2.45) is 0 Å². The highest BCUT2D eigenvalue weighted by atomic mass is 35.5. The lowest BCUT2D eigenvalue weighted by Gasteiger charge is -2.37. The molecule has 2 heterocycles. The lowest BCUT2D eigenvalue weighted by molar-refractivity contribution is -0.111. The summed E-state index contributed by atoms with van der Waals surface area (Å²) in [7, 11) is 4.65. The Morgan fingerprint density at radius 3 is 2.39 bits per heavy atom. The summed E-state index contributed by atoms with van der Waals surface area (Å²) < 4.78 is 10.8. The minimum atomic E-state index is -0.368. The molecule has 1 aromatic heterocycles. The summed E-state index contributed by atoms with van der Waals surface area (Å²) in [4.78, 5) is 37.4. The number of nitrogens with one attached hydrogen (secondary N) is 2. The van der Waals surface area contributed by atoms with Crippen LogP contribution in [-0.4, -0.2) is 49.7 Å². The van der Waals surface area contributed by atoms with E-state index in [2.05, 4.69) is 27.2 Å². The Bertz CT molecular complexity index is 1350.